The van der Waals surface area contributed by atoms with Gasteiger partial charge in [0.05, 0.1) is 0 Å². The highest BCUT2D eigenvalue weighted by Gasteiger charge is 2.19. The van der Waals surface area contributed by atoms with Crippen molar-refractivity contribution in [2.45, 2.75) is 341 Å². The summed E-state index contributed by atoms with van der Waals surface area (Å²) in [6, 6.07) is 0. The first-order valence-corrected chi connectivity index (χ1v) is 31.0. The summed E-state index contributed by atoms with van der Waals surface area (Å²) in [5.74, 6) is -0.888. The van der Waals surface area contributed by atoms with Crippen molar-refractivity contribution in [2.75, 3.05) is 13.2 Å². The average Bonchev–Trinajstić information content (AvgIpc) is 3.36. The summed E-state index contributed by atoms with van der Waals surface area (Å²) in [5, 5.41) is 0. The van der Waals surface area contributed by atoms with Crippen LogP contribution in [0.3, 0.4) is 0 Å². The van der Waals surface area contributed by atoms with Crippen LogP contribution in [0.25, 0.3) is 0 Å². The number of carbonyl (C=O) groups excluding carboxylic acids is 3. The zero-order valence-electron chi connectivity index (χ0n) is 47.1. The summed E-state index contributed by atoms with van der Waals surface area (Å²) in [6.07, 6.45) is 71.8. The first kappa shape index (κ1) is 67.6. The number of esters is 3. The standard InChI is InChI=1S/C64H118O6/c1-4-7-10-13-16-19-22-24-25-26-27-28-29-30-31-32-33-34-35-36-37-38-39-41-42-45-48-51-54-57-63(66)69-60-61(59-68-62(65)56-53-50-47-44-21-18-15-12-9-6-3)70-64(67)58-55-52-49-46-43-40-23-20-17-14-11-8-5-2/h11-12,14-15,20,23,61H,4-10,13,16-19,21-22,24-60H2,1-3H3/b14-11-,15-12-,23-20-. The van der Waals surface area contributed by atoms with E-state index in [1.807, 2.05) is 0 Å². The maximum absolute atomic E-state index is 12.8. The Kier molecular flexibility index (Phi) is 57.2. The summed E-state index contributed by atoms with van der Waals surface area (Å²) < 4.78 is 16.8. The topological polar surface area (TPSA) is 78.9 Å². The third-order valence-corrected chi connectivity index (χ3v) is 13.8. The molecular formula is C64H118O6. The Morgan fingerprint density at radius 2 is 0.543 bits per heavy atom. The second kappa shape index (κ2) is 59.2. The third-order valence-electron chi connectivity index (χ3n) is 13.8. The van der Waals surface area contributed by atoms with Crippen molar-refractivity contribution in [1.82, 2.24) is 0 Å². The number of hydrogen-bond donors (Lipinski definition) is 0. The molecule has 0 aliphatic rings. The van der Waals surface area contributed by atoms with Crippen LogP contribution in [0.1, 0.15) is 335 Å². The molecule has 0 aromatic rings. The summed E-state index contributed by atoms with van der Waals surface area (Å²) in [6.45, 7) is 6.54. The van der Waals surface area contributed by atoms with Crippen molar-refractivity contribution in [3.05, 3.63) is 36.5 Å². The Labute approximate surface area is 435 Å². The maximum Gasteiger partial charge on any atom is 0.306 e. The van der Waals surface area contributed by atoms with Crippen molar-refractivity contribution in [2.24, 2.45) is 0 Å². The Balaban J connectivity index is 4.06. The fourth-order valence-corrected chi connectivity index (χ4v) is 9.19. The smallest absolute Gasteiger partial charge is 0.306 e. The first-order valence-electron chi connectivity index (χ1n) is 31.0. The van der Waals surface area contributed by atoms with Gasteiger partial charge in [-0.1, -0.05) is 288 Å². The highest BCUT2D eigenvalue weighted by atomic mass is 16.6. The van der Waals surface area contributed by atoms with E-state index in [0.29, 0.717) is 19.3 Å². The lowest BCUT2D eigenvalue weighted by molar-refractivity contribution is -0.167. The van der Waals surface area contributed by atoms with Gasteiger partial charge in [-0.15, -0.1) is 0 Å². The van der Waals surface area contributed by atoms with Gasteiger partial charge in [-0.2, -0.15) is 0 Å². The molecule has 0 aromatic heterocycles. The second-order valence-electron chi connectivity index (χ2n) is 21.0. The number of ether oxygens (including phenoxy) is 3. The lowest BCUT2D eigenvalue weighted by Gasteiger charge is -2.18. The van der Waals surface area contributed by atoms with Crippen molar-refractivity contribution in [1.29, 1.82) is 0 Å². The van der Waals surface area contributed by atoms with Crippen LogP contribution in [0, 0.1) is 0 Å². The maximum atomic E-state index is 12.8. The highest BCUT2D eigenvalue weighted by molar-refractivity contribution is 5.71. The third kappa shape index (κ3) is 56.5. The largest absolute Gasteiger partial charge is 0.462 e. The van der Waals surface area contributed by atoms with Gasteiger partial charge >= 0.3 is 17.9 Å². The summed E-state index contributed by atoms with van der Waals surface area (Å²) in [5.41, 5.74) is 0. The molecule has 0 spiro atoms. The lowest BCUT2D eigenvalue weighted by Crippen LogP contribution is -2.30. The molecule has 0 N–H and O–H groups in total. The Hall–Kier alpha value is -2.37. The van der Waals surface area contributed by atoms with E-state index in [2.05, 4.69) is 57.2 Å². The fraction of sp³-hybridized carbons (Fsp3) is 0.859. The summed E-state index contributed by atoms with van der Waals surface area (Å²) in [7, 11) is 0. The minimum absolute atomic E-state index is 0.0773. The quantitative estimate of drug-likeness (QED) is 0.0261. The average molecular weight is 984 g/mol. The normalized spacial score (nSPS) is 12.2. The molecular weight excluding hydrogens is 865 g/mol. The monoisotopic (exact) mass is 983 g/mol. The molecule has 70 heavy (non-hydrogen) atoms. The van der Waals surface area contributed by atoms with Crippen molar-refractivity contribution < 1.29 is 28.6 Å². The molecule has 0 aromatic carbocycles. The second-order valence-corrected chi connectivity index (χ2v) is 21.0. The molecule has 0 aliphatic heterocycles. The molecule has 1 unspecified atom stereocenters. The van der Waals surface area contributed by atoms with E-state index in [4.69, 9.17) is 14.2 Å². The molecule has 410 valence electrons. The number of unbranched alkanes of at least 4 members (excludes halogenated alkanes) is 40. The number of allylic oxidation sites excluding steroid dienone is 6. The van der Waals surface area contributed by atoms with Gasteiger partial charge in [0.25, 0.3) is 0 Å². The Bertz CT molecular complexity index is 1170. The van der Waals surface area contributed by atoms with E-state index in [-0.39, 0.29) is 31.1 Å². The van der Waals surface area contributed by atoms with Gasteiger partial charge in [0.2, 0.25) is 0 Å². The van der Waals surface area contributed by atoms with E-state index in [1.54, 1.807) is 0 Å². The molecule has 0 bridgehead atoms. The molecule has 0 heterocycles. The van der Waals surface area contributed by atoms with Gasteiger partial charge in [-0.25, -0.2) is 0 Å². The number of carbonyl (C=O) groups is 3. The van der Waals surface area contributed by atoms with Crippen LogP contribution >= 0.6 is 0 Å². The zero-order valence-corrected chi connectivity index (χ0v) is 47.1. The minimum Gasteiger partial charge on any atom is -0.462 e. The molecule has 0 amide bonds. The van der Waals surface area contributed by atoms with Crippen molar-refractivity contribution >= 4 is 17.9 Å². The molecule has 0 aliphatic carbocycles. The first-order chi connectivity index (χ1) is 34.5. The van der Waals surface area contributed by atoms with Crippen molar-refractivity contribution in [3.63, 3.8) is 0 Å². The van der Waals surface area contributed by atoms with Gasteiger partial charge in [0.15, 0.2) is 6.10 Å². The lowest BCUT2D eigenvalue weighted by atomic mass is 10.0. The van der Waals surface area contributed by atoms with Crippen LogP contribution in [-0.2, 0) is 28.6 Å². The van der Waals surface area contributed by atoms with Crippen LogP contribution in [0.15, 0.2) is 36.5 Å². The van der Waals surface area contributed by atoms with Gasteiger partial charge in [0, 0.05) is 19.3 Å². The summed E-state index contributed by atoms with van der Waals surface area (Å²) >= 11 is 0. The predicted octanol–water partition coefficient (Wildman–Crippen LogP) is 20.8. The fourth-order valence-electron chi connectivity index (χ4n) is 9.19. The highest BCUT2D eigenvalue weighted by Crippen LogP contribution is 2.18. The molecule has 0 saturated heterocycles. The molecule has 0 saturated carbocycles. The Morgan fingerprint density at radius 1 is 0.286 bits per heavy atom. The van der Waals surface area contributed by atoms with Gasteiger partial charge in [-0.3, -0.25) is 14.4 Å². The van der Waals surface area contributed by atoms with Crippen LogP contribution in [0.4, 0.5) is 0 Å². The van der Waals surface area contributed by atoms with Gasteiger partial charge in [-0.05, 0) is 64.2 Å². The number of rotatable bonds is 57. The molecule has 0 rings (SSSR count). The molecule has 1 atom stereocenters. The van der Waals surface area contributed by atoms with E-state index in [9.17, 15) is 14.4 Å². The van der Waals surface area contributed by atoms with E-state index >= 15 is 0 Å². The van der Waals surface area contributed by atoms with Gasteiger partial charge in [0.1, 0.15) is 13.2 Å². The molecule has 0 radical (unpaired) electrons. The van der Waals surface area contributed by atoms with Crippen LogP contribution in [-0.4, -0.2) is 37.2 Å². The Morgan fingerprint density at radius 3 is 0.871 bits per heavy atom. The van der Waals surface area contributed by atoms with Crippen LogP contribution in [0.2, 0.25) is 0 Å². The predicted molar refractivity (Wildman–Crippen MR) is 302 cm³/mol. The molecule has 6 nitrogen and oxygen atoms in total. The van der Waals surface area contributed by atoms with Crippen molar-refractivity contribution in [3.8, 4) is 0 Å². The zero-order chi connectivity index (χ0) is 50.7. The molecule has 0 fully saturated rings. The van der Waals surface area contributed by atoms with E-state index in [1.165, 1.54) is 193 Å². The molecule has 6 heteroatoms. The SMILES string of the molecule is CCC/C=C\C/C=C\CCCCCCCC(=O)OC(COC(=O)CCCCCCC/C=C\CCC)COC(=O)CCCCCCCCCCCCCCCCCCCCCCCCCCCCCCC. The van der Waals surface area contributed by atoms with Crippen LogP contribution in [0.5, 0.6) is 0 Å². The summed E-state index contributed by atoms with van der Waals surface area (Å²) in [4.78, 5) is 38.0. The number of hydrogen-bond acceptors (Lipinski definition) is 6. The van der Waals surface area contributed by atoms with E-state index < -0.39 is 6.10 Å². The van der Waals surface area contributed by atoms with Crippen LogP contribution < -0.4 is 0 Å². The van der Waals surface area contributed by atoms with E-state index in [0.717, 1.165) is 103 Å². The minimum atomic E-state index is -0.779. The van der Waals surface area contributed by atoms with Gasteiger partial charge < -0.3 is 14.2 Å².